The van der Waals surface area contributed by atoms with E-state index < -0.39 is 0 Å². The van der Waals surface area contributed by atoms with E-state index in [0.29, 0.717) is 0 Å². The van der Waals surface area contributed by atoms with E-state index in [1.807, 2.05) is 24.5 Å². The fourth-order valence-electron chi connectivity index (χ4n) is 2.26. The molecule has 0 bridgehead atoms. The first-order valence-corrected chi connectivity index (χ1v) is 6.49. The number of allylic oxidation sites excluding steroid dienone is 1. The Hall–Kier alpha value is -2.29. The van der Waals surface area contributed by atoms with Crippen molar-refractivity contribution in [2.75, 3.05) is 6.54 Å². The quantitative estimate of drug-likeness (QED) is 0.820. The maximum absolute atomic E-state index is 4.67. The first-order valence-electron chi connectivity index (χ1n) is 6.49. The Kier molecular flexibility index (Phi) is 3.45. The molecular weight excluding hydrogens is 234 g/mol. The zero-order valence-electron chi connectivity index (χ0n) is 10.7. The molecule has 0 spiro atoms. The third kappa shape index (κ3) is 2.76. The summed E-state index contributed by atoms with van der Waals surface area (Å²) in [6.45, 7) is 0.897. The molecule has 0 aliphatic carbocycles. The van der Waals surface area contributed by atoms with Gasteiger partial charge in [-0.15, -0.1) is 0 Å². The number of pyridine rings is 2. The van der Waals surface area contributed by atoms with E-state index in [9.17, 15) is 0 Å². The highest BCUT2D eigenvalue weighted by Gasteiger charge is 2.13. The van der Waals surface area contributed by atoms with Crippen molar-refractivity contribution in [3.05, 3.63) is 65.8 Å². The Morgan fingerprint density at radius 2 is 1.84 bits per heavy atom. The summed E-state index contributed by atoms with van der Waals surface area (Å²) in [7, 11) is 0. The first-order chi connectivity index (χ1) is 9.43. The van der Waals surface area contributed by atoms with E-state index >= 15 is 0 Å². The summed E-state index contributed by atoms with van der Waals surface area (Å²) in [6.07, 6.45) is 11.7. The molecule has 2 aromatic rings. The van der Waals surface area contributed by atoms with Crippen LogP contribution in [0.2, 0.25) is 0 Å². The SMILES string of the molecule is C(=C1/CCCN=C1c1cccnc1)/c1cccnc1. The second kappa shape index (κ2) is 5.57. The van der Waals surface area contributed by atoms with Gasteiger partial charge in [0.15, 0.2) is 0 Å². The Bertz CT molecular complexity index is 600. The summed E-state index contributed by atoms with van der Waals surface area (Å²) < 4.78 is 0. The van der Waals surface area contributed by atoms with Gasteiger partial charge in [-0.3, -0.25) is 15.0 Å². The number of nitrogens with zero attached hydrogens (tertiary/aromatic N) is 3. The molecule has 1 aliphatic rings. The standard InChI is InChI=1S/C16H15N3/c1-4-13(11-17-7-1)10-14-5-3-9-19-16(14)15-6-2-8-18-12-15/h1-2,4,6-8,10-12H,3,5,9H2/b14-10+. The number of rotatable bonds is 2. The topological polar surface area (TPSA) is 38.1 Å². The van der Waals surface area contributed by atoms with Crippen LogP contribution in [0, 0.1) is 0 Å². The van der Waals surface area contributed by atoms with E-state index in [2.05, 4.69) is 33.2 Å². The van der Waals surface area contributed by atoms with Crippen molar-refractivity contribution >= 4 is 11.8 Å². The molecule has 0 atom stereocenters. The smallest absolute Gasteiger partial charge is 0.0694 e. The lowest BCUT2D eigenvalue weighted by Gasteiger charge is -2.16. The average Bonchev–Trinajstić information content (AvgIpc) is 2.50. The van der Waals surface area contributed by atoms with Crippen LogP contribution in [0.15, 0.2) is 59.6 Å². The van der Waals surface area contributed by atoms with Crippen LogP contribution in [0.5, 0.6) is 0 Å². The third-order valence-corrected chi connectivity index (χ3v) is 3.14. The minimum Gasteiger partial charge on any atom is -0.284 e. The molecule has 19 heavy (non-hydrogen) atoms. The Morgan fingerprint density at radius 1 is 1.00 bits per heavy atom. The second-order valence-corrected chi connectivity index (χ2v) is 4.53. The van der Waals surface area contributed by atoms with Crippen molar-refractivity contribution in [3.8, 4) is 0 Å². The zero-order chi connectivity index (χ0) is 12.9. The van der Waals surface area contributed by atoms with E-state index in [1.165, 1.54) is 5.57 Å². The third-order valence-electron chi connectivity index (χ3n) is 3.14. The molecule has 0 amide bonds. The molecule has 0 saturated carbocycles. The molecule has 0 saturated heterocycles. The minimum atomic E-state index is 0.897. The lowest BCUT2D eigenvalue weighted by atomic mass is 9.95. The Labute approximate surface area is 112 Å². The monoisotopic (exact) mass is 249 g/mol. The van der Waals surface area contributed by atoms with Gasteiger partial charge in [0, 0.05) is 36.9 Å². The van der Waals surface area contributed by atoms with Crippen LogP contribution in [0.1, 0.15) is 24.0 Å². The normalized spacial score (nSPS) is 17.3. The highest BCUT2D eigenvalue weighted by Crippen LogP contribution is 2.21. The molecule has 3 rings (SSSR count). The van der Waals surface area contributed by atoms with Crippen molar-refractivity contribution < 1.29 is 0 Å². The fourth-order valence-corrected chi connectivity index (χ4v) is 2.26. The first kappa shape index (κ1) is 11.8. The Balaban J connectivity index is 1.98. The van der Waals surface area contributed by atoms with Gasteiger partial charge in [-0.05, 0) is 48.3 Å². The van der Waals surface area contributed by atoms with Crippen LogP contribution in [0.25, 0.3) is 6.08 Å². The van der Waals surface area contributed by atoms with Crippen LogP contribution in [0.3, 0.4) is 0 Å². The number of aromatic nitrogens is 2. The summed E-state index contributed by atoms with van der Waals surface area (Å²) >= 11 is 0. The van der Waals surface area contributed by atoms with Crippen molar-refractivity contribution in [1.82, 2.24) is 9.97 Å². The molecule has 0 unspecified atom stereocenters. The van der Waals surface area contributed by atoms with Crippen molar-refractivity contribution in [1.29, 1.82) is 0 Å². The number of hydrogen-bond acceptors (Lipinski definition) is 3. The predicted molar refractivity (Wildman–Crippen MR) is 77.1 cm³/mol. The van der Waals surface area contributed by atoms with Crippen molar-refractivity contribution in [2.45, 2.75) is 12.8 Å². The summed E-state index contributed by atoms with van der Waals surface area (Å²) in [5, 5.41) is 0. The predicted octanol–water partition coefficient (Wildman–Crippen LogP) is 3.14. The average molecular weight is 249 g/mol. The zero-order valence-corrected chi connectivity index (χ0v) is 10.7. The van der Waals surface area contributed by atoms with Gasteiger partial charge in [0.05, 0.1) is 5.71 Å². The number of hydrogen-bond donors (Lipinski definition) is 0. The van der Waals surface area contributed by atoms with Crippen LogP contribution in [-0.4, -0.2) is 22.2 Å². The largest absolute Gasteiger partial charge is 0.284 e. The molecule has 0 fully saturated rings. The summed E-state index contributed by atoms with van der Waals surface area (Å²) in [4.78, 5) is 13.0. The Morgan fingerprint density at radius 3 is 2.58 bits per heavy atom. The highest BCUT2D eigenvalue weighted by atomic mass is 14.8. The summed E-state index contributed by atoms with van der Waals surface area (Å²) in [5.41, 5.74) is 4.56. The summed E-state index contributed by atoms with van der Waals surface area (Å²) in [6, 6.07) is 8.04. The van der Waals surface area contributed by atoms with Gasteiger partial charge in [-0.1, -0.05) is 6.07 Å². The van der Waals surface area contributed by atoms with Crippen LogP contribution >= 0.6 is 0 Å². The van der Waals surface area contributed by atoms with Gasteiger partial charge < -0.3 is 0 Å². The van der Waals surface area contributed by atoms with Gasteiger partial charge in [0.25, 0.3) is 0 Å². The van der Waals surface area contributed by atoms with E-state index in [4.69, 9.17) is 0 Å². The van der Waals surface area contributed by atoms with Gasteiger partial charge in [0.2, 0.25) is 0 Å². The fraction of sp³-hybridized carbons (Fsp3) is 0.188. The molecule has 0 N–H and O–H groups in total. The minimum absolute atomic E-state index is 0.897. The van der Waals surface area contributed by atoms with Gasteiger partial charge >= 0.3 is 0 Å². The number of aliphatic imine (C=N–C) groups is 1. The van der Waals surface area contributed by atoms with E-state index in [-0.39, 0.29) is 0 Å². The summed E-state index contributed by atoms with van der Waals surface area (Å²) in [5.74, 6) is 0. The van der Waals surface area contributed by atoms with Gasteiger partial charge in [-0.2, -0.15) is 0 Å². The molecule has 3 nitrogen and oxygen atoms in total. The second-order valence-electron chi connectivity index (χ2n) is 4.53. The van der Waals surface area contributed by atoms with Crippen molar-refractivity contribution in [2.24, 2.45) is 4.99 Å². The molecule has 3 heterocycles. The molecule has 0 radical (unpaired) electrons. The molecular formula is C16H15N3. The van der Waals surface area contributed by atoms with E-state index in [1.54, 1.807) is 12.4 Å². The molecule has 0 aromatic carbocycles. The lowest BCUT2D eigenvalue weighted by molar-refractivity contribution is 0.818. The van der Waals surface area contributed by atoms with Gasteiger partial charge in [0.1, 0.15) is 0 Å². The molecule has 3 heteroatoms. The molecule has 94 valence electrons. The van der Waals surface area contributed by atoms with E-state index in [0.717, 1.165) is 36.2 Å². The van der Waals surface area contributed by atoms with Crippen LogP contribution in [0.4, 0.5) is 0 Å². The van der Waals surface area contributed by atoms with Gasteiger partial charge in [-0.25, -0.2) is 0 Å². The van der Waals surface area contributed by atoms with Crippen molar-refractivity contribution in [3.63, 3.8) is 0 Å². The maximum atomic E-state index is 4.67. The molecule has 2 aromatic heterocycles. The highest BCUT2D eigenvalue weighted by molar-refractivity contribution is 6.15. The maximum Gasteiger partial charge on any atom is 0.0694 e. The van der Waals surface area contributed by atoms with Crippen LogP contribution < -0.4 is 0 Å². The molecule has 1 aliphatic heterocycles. The lowest BCUT2D eigenvalue weighted by Crippen LogP contribution is -2.11. The van der Waals surface area contributed by atoms with Crippen LogP contribution in [-0.2, 0) is 0 Å².